The van der Waals surface area contributed by atoms with Crippen LogP contribution in [0.3, 0.4) is 0 Å². The quantitative estimate of drug-likeness (QED) is 0.558. The molecule has 0 bridgehead atoms. The van der Waals surface area contributed by atoms with Gasteiger partial charge in [-0.1, -0.05) is 26.0 Å². The van der Waals surface area contributed by atoms with Crippen LogP contribution in [-0.2, 0) is 9.53 Å². The van der Waals surface area contributed by atoms with Crippen LogP contribution in [0.15, 0.2) is 30.3 Å². The summed E-state index contributed by atoms with van der Waals surface area (Å²) in [7, 11) is 0. The molecule has 4 nitrogen and oxygen atoms in total. The van der Waals surface area contributed by atoms with Gasteiger partial charge in [0.15, 0.2) is 0 Å². The van der Waals surface area contributed by atoms with Gasteiger partial charge in [-0.25, -0.2) is 4.79 Å². The first-order chi connectivity index (χ1) is 9.97. The number of ether oxygens (including phenoxy) is 2. The maximum absolute atomic E-state index is 10.5. The predicted molar refractivity (Wildman–Crippen MR) is 83.5 cm³/mol. The molecule has 0 aromatic heterocycles. The predicted octanol–water partition coefficient (Wildman–Crippen LogP) is 3.61. The molecule has 0 amide bonds. The lowest BCUT2D eigenvalue weighted by molar-refractivity contribution is -0.131. The van der Waals surface area contributed by atoms with E-state index in [9.17, 15) is 4.79 Å². The summed E-state index contributed by atoms with van der Waals surface area (Å²) in [5.74, 6) is 0.370. The Bertz CT molecular complexity index is 466. The first-order valence-corrected chi connectivity index (χ1v) is 7.23. The first kappa shape index (κ1) is 17.2. The smallest absolute Gasteiger partial charge is 0.328 e. The molecule has 0 fully saturated rings. The molecule has 0 aliphatic carbocycles. The van der Waals surface area contributed by atoms with Gasteiger partial charge in [-0.15, -0.1) is 0 Å². The van der Waals surface area contributed by atoms with Crippen LogP contribution in [0.5, 0.6) is 5.75 Å². The molecule has 1 unspecified atom stereocenters. The minimum absolute atomic E-state index is 0.235. The molecule has 0 heterocycles. The molecular formula is C17H24O4. The van der Waals surface area contributed by atoms with E-state index < -0.39 is 5.97 Å². The lowest BCUT2D eigenvalue weighted by Crippen LogP contribution is -2.16. The molecule has 21 heavy (non-hydrogen) atoms. The monoisotopic (exact) mass is 292 g/mol. The van der Waals surface area contributed by atoms with E-state index in [0.29, 0.717) is 24.9 Å². The lowest BCUT2D eigenvalue weighted by atomic mass is 10.1. The van der Waals surface area contributed by atoms with E-state index in [-0.39, 0.29) is 6.10 Å². The molecule has 0 radical (unpaired) electrons. The normalized spacial score (nSPS) is 12.8. The van der Waals surface area contributed by atoms with E-state index in [0.717, 1.165) is 18.1 Å². The minimum atomic E-state index is -0.964. The summed E-state index contributed by atoms with van der Waals surface area (Å²) in [6, 6.07) is 7.30. The van der Waals surface area contributed by atoms with Gasteiger partial charge in [0.2, 0.25) is 0 Å². The fourth-order valence-corrected chi connectivity index (χ4v) is 2.02. The number of benzene rings is 1. The van der Waals surface area contributed by atoms with Crippen molar-refractivity contribution in [1.29, 1.82) is 0 Å². The van der Waals surface area contributed by atoms with E-state index in [1.807, 2.05) is 18.2 Å². The van der Waals surface area contributed by atoms with Crippen molar-refractivity contribution in [2.24, 2.45) is 5.92 Å². The number of carbonyl (C=O) groups is 1. The minimum Gasteiger partial charge on any atom is -0.491 e. The van der Waals surface area contributed by atoms with Gasteiger partial charge in [0.1, 0.15) is 12.4 Å². The van der Waals surface area contributed by atoms with Crippen molar-refractivity contribution in [3.63, 3.8) is 0 Å². The van der Waals surface area contributed by atoms with Crippen LogP contribution in [0.4, 0.5) is 0 Å². The second-order valence-electron chi connectivity index (χ2n) is 5.40. The van der Waals surface area contributed by atoms with Crippen molar-refractivity contribution in [3.05, 3.63) is 35.9 Å². The fraction of sp³-hybridized carbons (Fsp3) is 0.471. The van der Waals surface area contributed by atoms with Crippen molar-refractivity contribution in [3.8, 4) is 5.75 Å². The second kappa shape index (κ2) is 9.19. The van der Waals surface area contributed by atoms with Gasteiger partial charge in [-0.3, -0.25) is 0 Å². The maximum Gasteiger partial charge on any atom is 0.328 e. The summed E-state index contributed by atoms with van der Waals surface area (Å²) in [4.78, 5) is 10.5. The molecule has 0 aliphatic heterocycles. The molecule has 1 N–H and O–H groups in total. The highest BCUT2D eigenvalue weighted by Gasteiger charge is 2.05. The average Bonchev–Trinajstić information content (AvgIpc) is 2.41. The van der Waals surface area contributed by atoms with Crippen molar-refractivity contribution in [2.45, 2.75) is 33.3 Å². The van der Waals surface area contributed by atoms with Gasteiger partial charge in [-0.2, -0.15) is 0 Å². The average molecular weight is 292 g/mol. The second-order valence-corrected chi connectivity index (χ2v) is 5.40. The molecule has 0 saturated carbocycles. The maximum atomic E-state index is 10.5. The van der Waals surface area contributed by atoms with Crippen LogP contribution < -0.4 is 4.74 Å². The summed E-state index contributed by atoms with van der Waals surface area (Å²) in [5.41, 5.74) is 0.795. The highest BCUT2D eigenvalue weighted by atomic mass is 16.5. The Balaban J connectivity index is 2.35. The van der Waals surface area contributed by atoms with Gasteiger partial charge >= 0.3 is 5.97 Å². The van der Waals surface area contributed by atoms with Crippen LogP contribution in [-0.4, -0.2) is 30.4 Å². The lowest BCUT2D eigenvalue weighted by Gasteiger charge is -2.15. The van der Waals surface area contributed by atoms with E-state index in [2.05, 4.69) is 20.8 Å². The number of hydrogen-bond acceptors (Lipinski definition) is 3. The molecule has 0 aliphatic rings. The Hall–Kier alpha value is -1.81. The number of carboxylic acids is 1. The third kappa shape index (κ3) is 8.15. The third-order valence-electron chi connectivity index (χ3n) is 2.83. The van der Waals surface area contributed by atoms with Gasteiger partial charge < -0.3 is 14.6 Å². The SMILES string of the molecule is CC(C)CC(C)OCCOc1cccc(C=CC(=O)O)c1. The molecule has 116 valence electrons. The molecule has 4 heteroatoms. The van der Waals surface area contributed by atoms with Crippen molar-refractivity contribution < 1.29 is 19.4 Å². The summed E-state index contributed by atoms with van der Waals surface area (Å²) in [6.45, 7) is 7.44. The van der Waals surface area contributed by atoms with Gasteiger partial charge in [0.05, 0.1) is 12.7 Å². The molecule has 1 atom stereocenters. The zero-order valence-electron chi connectivity index (χ0n) is 12.9. The van der Waals surface area contributed by atoms with Crippen LogP contribution in [0.25, 0.3) is 6.08 Å². The third-order valence-corrected chi connectivity index (χ3v) is 2.83. The van der Waals surface area contributed by atoms with Crippen LogP contribution in [0.2, 0.25) is 0 Å². The summed E-state index contributed by atoms with van der Waals surface area (Å²) < 4.78 is 11.3. The van der Waals surface area contributed by atoms with E-state index in [4.69, 9.17) is 14.6 Å². The highest BCUT2D eigenvalue weighted by Crippen LogP contribution is 2.14. The topological polar surface area (TPSA) is 55.8 Å². The van der Waals surface area contributed by atoms with Gasteiger partial charge in [0, 0.05) is 6.08 Å². The highest BCUT2D eigenvalue weighted by molar-refractivity contribution is 5.85. The Morgan fingerprint density at radius 1 is 1.29 bits per heavy atom. The molecule has 0 saturated heterocycles. The Morgan fingerprint density at radius 2 is 2.05 bits per heavy atom. The zero-order valence-corrected chi connectivity index (χ0v) is 12.9. The van der Waals surface area contributed by atoms with Crippen molar-refractivity contribution in [1.82, 2.24) is 0 Å². The molecular weight excluding hydrogens is 268 g/mol. The van der Waals surface area contributed by atoms with E-state index >= 15 is 0 Å². The number of hydrogen-bond donors (Lipinski definition) is 1. The van der Waals surface area contributed by atoms with Crippen molar-refractivity contribution in [2.75, 3.05) is 13.2 Å². The standard InChI is InChI=1S/C17H24O4/c1-13(2)11-14(3)20-9-10-21-16-6-4-5-15(12-16)7-8-17(18)19/h4-8,12-14H,9-11H2,1-3H3,(H,18,19). The molecule has 1 rings (SSSR count). The van der Waals surface area contributed by atoms with Gasteiger partial charge in [0.25, 0.3) is 0 Å². The van der Waals surface area contributed by atoms with E-state index in [1.165, 1.54) is 6.08 Å². The van der Waals surface area contributed by atoms with Crippen LogP contribution in [0.1, 0.15) is 32.8 Å². The first-order valence-electron chi connectivity index (χ1n) is 7.23. The summed E-state index contributed by atoms with van der Waals surface area (Å²) in [5, 5.41) is 8.60. The molecule has 1 aromatic rings. The summed E-state index contributed by atoms with van der Waals surface area (Å²) >= 11 is 0. The number of carboxylic acid groups (broad SMARTS) is 1. The molecule has 1 aromatic carbocycles. The number of rotatable bonds is 9. The summed E-state index contributed by atoms with van der Waals surface area (Å²) in [6.07, 6.45) is 3.92. The Labute approximate surface area is 126 Å². The Kier molecular flexibility index (Phi) is 7.54. The largest absolute Gasteiger partial charge is 0.491 e. The zero-order chi connectivity index (χ0) is 15.7. The number of aliphatic carboxylic acids is 1. The van der Waals surface area contributed by atoms with Crippen LogP contribution >= 0.6 is 0 Å². The Morgan fingerprint density at radius 3 is 2.71 bits per heavy atom. The van der Waals surface area contributed by atoms with E-state index in [1.54, 1.807) is 6.07 Å². The van der Waals surface area contributed by atoms with Crippen LogP contribution in [0, 0.1) is 5.92 Å². The van der Waals surface area contributed by atoms with Crippen molar-refractivity contribution >= 4 is 12.0 Å². The van der Waals surface area contributed by atoms with Gasteiger partial charge in [-0.05, 0) is 43.0 Å². The fourth-order valence-electron chi connectivity index (χ4n) is 2.02. The molecule has 0 spiro atoms.